The van der Waals surface area contributed by atoms with Gasteiger partial charge in [0.1, 0.15) is 5.78 Å². The van der Waals surface area contributed by atoms with Gasteiger partial charge in [0.15, 0.2) is 11.5 Å². The van der Waals surface area contributed by atoms with Crippen LogP contribution < -0.4 is 0 Å². The maximum Gasteiger partial charge on any atom is 0.308 e. The van der Waals surface area contributed by atoms with E-state index in [0.717, 1.165) is 56.9 Å². The Kier molecular flexibility index (Phi) is 4.83. The van der Waals surface area contributed by atoms with Crippen molar-refractivity contribution in [2.75, 3.05) is 0 Å². The van der Waals surface area contributed by atoms with E-state index in [9.17, 15) is 14.4 Å². The van der Waals surface area contributed by atoms with E-state index in [4.69, 9.17) is 4.74 Å². The largest absolute Gasteiger partial charge is 0.423 e. The zero-order valence-electron chi connectivity index (χ0n) is 17.8. The summed E-state index contributed by atoms with van der Waals surface area (Å²) in [7, 11) is 0. The number of rotatable bonds is 3. The molecule has 0 amide bonds. The third kappa shape index (κ3) is 2.74. The average Bonchev–Trinajstić information content (AvgIpc) is 2.88. The Labute approximate surface area is 168 Å². The second-order valence-electron chi connectivity index (χ2n) is 10.2. The van der Waals surface area contributed by atoms with Crippen LogP contribution in [0.15, 0.2) is 11.3 Å². The van der Waals surface area contributed by atoms with Gasteiger partial charge in [0.25, 0.3) is 0 Å². The van der Waals surface area contributed by atoms with Gasteiger partial charge in [-0.25, -0.2) is 0 Å². The summed E-state index contributed by atoms with van der Waals surface area (Å²) in [5.74, 6) is 2.44. The van der Waals surface area contributed by atoms with Crippen molar-refractivity contribution >= 4 is 17.5 Å². The highest BCUT2D eigenvalue weighted by atomic mass is 16.5. The topological polar surface area (TPSA) is 60.4 Å². The lowest BCUT2D eigenvalue weighted by molar-refractivity contribution is -0.143. The van der Waals surface area contributed by atoms with E-state index >= 15 is 0 Å². The van der Waals surface area contributed by atoms with Gasteiger partial charge in [0, 0.05) is 25.2 Å². The van der Waals surface area contributed by atoms with E-state index in [1.165, 1.54) is 6.92 Å². The number of hydrogen-bond acceptors (Lipinski definition) is 4. The highest BCUT2D eigenvalue weighted by Crippen LogP contribution is 2.66. The van der Waals surface area contributed by atoms with Crippen LogP contribution in [0.3, 0.4) is 0 Å². The van der Waals surface area contributed by atoms with Gasteiger partial charge in [-0.05, 0) is 73.2 Å². The molecular formula is C24H34O4. The summed E-state index contributed by atoms with van der Waals surface area (Å²) < 4.78 is 5.44. The number of ether oxygens (including phenoxy) is 1. The van der Waals surface area contributed by atoms with Crippen molar-refractivity contribution in [3.05, 3.63) is 11.3 Å². The second-order valence-corrected chi connectivity index (χ2v) is 10.2. The van der Waals surface area contributed by atoms with E-state index in [1.54, 1.807) is 0 Å². The van der Waals surface area contributed by atoms with Gasteiger partial charge >= 0.3 is 5.97 Å². The minimum atomic E-state index is -0.400. The molecule has 4 aliphatic rings. The zero-order valence-corrected chi connectivity index (χ0v) is 17.8. The van der Waals surface area contributed by atoms with Crippen LogP contribution in [0.2, 0.25) is 0 Å². The standard InChI is InChI=1S/C24H34O4/c1-5-6-15-13-20(27)24(4)11-9-17-16(21(15)24)7-8-18-22(28-14(2)25)19(26)10-12-23(17,18)3/h15-17,21H,5-13H2,1-4H3/t15-,16+,17-,21-,23+,24+/m0/s1. The van der Waals surface area contributed by atoms with Gasteiger partial charge in [-0.2, -0.15) is 0 Å². The molecule has 0 N–H and O–H groups in total. The monoisotopic (exact) mass is 386 g/mol. The van der Waals surface area contributed by atoms with Crippen molar-refractivity contribution in [3.63, 3.8) is 0 Å². The lowest BCUT2D eigenvalue weighted by atomic mass is 9.46. The molecule has 0 aromatic carbocycles. The van der Waals surface area contributed by atoms with E-state index in [-0.39, 0.29) is 16.6 Å². The SMILES string of the molecule is CCC[C@H]1CC(=O)[C@@]2(C)CC[C@H]3[C@@H](CCC4=C(OC(C)=O)C(=O)CC[C@@]43C)[C@H]12. The predicted octanol–water partition coefficient (Wildman–Crippen LogP) is 5.00. The van der Waals surface area contributed by atoms with Crippen LogP contribution in [0.1, 0.15) is 85.5 Å². The molecule has 0 bridgehead atoms. The molecule has 4 aliphatic carbocycles. The van der Waals surface area contributed by atoms with E-state index in [1.807, 2.05) is 0 Å². The number of allylic oxidation sites excluding steroid dienone is 1. The molecule has 3 saturated carbocycles. The molecule has 28 heavy (non-hydrogen) atoms. The molecule has 0 unspecified atom stereocenters. The highest BCUT2D eigenvalue weighted by molar-refractivity contribution is 5.97. The molecule has 0 saturated heterocycles. The molecule has 0 radical (unpaired) electrons. The van der Waals surface area contributed by atoms with Gasteiger partial charge in [0.05, 0.1) is 0 Å². The quantitative estimate of drug-likeness (QED) is 0.640. The fraction of sp³-hybridized carbons (Fsp3) is 0.792. The Morgan fingerprint density at radius 3 is 2.54 bits per heavy atom. The summed E-state index contributed by atoms with van der Waals surface area (Å²) in [6, 6.07) is 0. The van der Waals surface area contributed by atoms with Crippen molar-refractivity contribution in [2.24, 2.45) is 34.5 Å². The molecule has 0 aromatic heterocycles. The molecule has 0 aromatic rings. The highest BCUT2D eigenvalue weighted by Gasteiger charge is 2.62. The average molecular weight is 387 g/mol. The maximum atomic E-state index is 13.0. The fourth-order valence-electron chi connectivity index (χ4n) is 7.62. The Balaban J connectivity index is 1.73. The van der Waals surface area contributed by atoms with Gasteiger partial charge in [0.2, 0.25) is 0 Å². The van der Waals surface area contributed by atoms with E-state index in [0.29, 0.717) is 41.6 Å². The fourth-order valence-corrected chi connectivity index (χ4v) is 7.62. The Bertz CT molecular complexity index is 750. The molecule has 3 fully saturated rings. The smallest absolute Gasteiger partial charge is 0.308 e. The number of ketones is 2. The summed E-state index contributed by atoms with van der Waals surface area (Å²) in [4.78, 5) is 37.1. The first kappa shape index (κ1) is 19.8. The molecule has 154 valence electrons. The lowest BCUT2D eigenvalue weighted by Gasteiger charge is -2.57. The van der Waals surface area contributed by atoms with Crippen molar-refractivity contribution in [2.45, 2.75) is 85.5 Å². The molecule has 0 heterocycles. The Hall–Kier alpha value is -1.45. The van der Waals surface area contributed by atoms with Crippen LogP contribution in [0.5, 0.6) is 0 Å². The van der Waals surface area contributed by atoms with Crippen LogP contribution in [-0.4, -0.2) is 17.5 Å². The van der Waals surface area contributed by atoms with Gasteiger partial charge in [-0.3, -0.25) is 14.4 Å². The number of esters is 1. The number of fused-ring (bicyclic) bond motifs is 5. The number of carbonyl (C=O) groups is 3. The minimum Gasteiger partial charge on any atom is -0.423 e. The van der Waals surface area contributed by atoms with Crippen LogP contribution in [0, 0.1) is 34.5 Å². The summed E-state index contributed by atoms with van der Waals surface area (Å²) in [5, 5.41) is 0. The number of Topliss-reactive ketones (excluding diaryl/α,β-unsaturated/α-hetero) is 2. The molecule has 0 aliphatic heterocycles. The predicted molar refractivity (Wildman–Crippen MR) is 106 cm³/mol. The maximum absolute atomic E-state index is 13.0. The van der Waals surface area contributed by atoms with Gasteiger partial charge in [-0.1, -0.05) is 27.2 Å². The molecular weight excluding hydrogens is 352 g/mol. The van der Waals surface area contributed by atoms with Crippen molar-refractivity contribution < 1.29 is 19.1 Å². The van der Waals surface area contributed by atoms with Crippen LogP contribution in [0.4, 0.5) is 0 Å². The van der Waals surface area contributed by atoms with Crippen molar-refractivity contribution in [1.29, 1.82) is 0 Å². The number of hydrogen-bond donors (Lipinski definition) is 0. The summed E-state index contributed by atoms with van der Waals surface area (Å²) in [5.41, 5.74) is 0.854. The van der Waals surface area contributed by atoms with Crippen molar-refractivity contribution in [3.8, 4) is 0 Å². The van der Waals surface area contributed by atoms with Crippen molar-refractivity contribution in [1.82, 2.24) is 0 Å². The van der Waals surface area contributed by atoms with E-state index < -0.39 is 5.97 Å². The second kappa shape index (κ2) is 6.81. The Morgan fingerprint density at radius 2 is 1.86 bits per heavy atom. The summed E-state index contributed by atoms with van der Waals surface area (Å²) in [6.07, 6.45) is 8.21. The van der Waals surface area contributed by atoms with E-state index in [2.05, 4.69) is 20.8 Å². The third-order valence-corrected chi connectivity index (χ3v) is 8.82. The summed E-state index contributed by atoms with van der Waals surface area (Å²) >= 11 is 0. The zero-order chi connectivity index (χ0) is 20.3. The van der Waals surface area contributed by atoms with Crippen LogP contribution in [0.25, 0.3) is 0 Å². The third-order valence-electron chi connectivity index (χ3n) is 8.82. The lowest BCUT2D eigenvalue weighted by Crippen LogP contribution is -2.52. The molecule has 4 rings (SSSR count). The first-order valence-electron chi connectivity index (χ1n) is 11.2. The number of carbonyl (C=O) groups excluding carboxylic acids is 3. The normalized spacial score (nSPS) is 42.7. The minimum absolute atomic E-state index is 0.0123. The molecule has 6 atom stereocenters. The first-order chi connectivity index (χ1) is 13.2. The van der Waals surface area contributed by atoms with Crippen LogP contribution in [-0.2, 0) is 19.1 Å². The molecule has 4 nitrogen and oxygen atoms in total. The van der Waals surface area contributed by atoms with Crippen LogP contribution >= 0.6 is 0 Å². The Morgan fingerprint density at radius 1 is 1.11 bits per heavy atom. The van der Waals surface area contributed by atoms with Gasteiger partial charge in [-0.15, -0.1) is 0 Å². The molecule has 4 heteroatoms. The summed E-state index contributed by atoms with van der Waals surface area (Å²) in [6.45, 7) is 8.13. The molecule has 0 spiro atoms. The first-order valence-corrected chi connectivity index (χ1v) is 11.2. The van der Waals surface area contributed by atoms with Gasteiger partial charge < -0.3 is 4.74 Å².